The second-order valence-electron chi connectivity index (χ2n) is 2.90. The van der Waals surface area contributed by atoms with Gasteiger partial charge in [0.2, 0.25) is 0 Å². The fourth-order valence-electron chi connectivity index (χ4n) is 1.20. The molecule has 0 aromatic heterocycles. The number of hydrogen-bond acceptors (Lipinski definition) is 2. The number of rotatable bonds is 2. The maximum Gasteiger partial charge on any atom is 0.105 e. The number of nitrogens with zero attached hydrogens (tertiary/aromatic N) is 2. The average molecular weight is 195 g/mol. The number of halogens is 1. The van der Waals surface area contributed by atoms with Crippen molar-refractivity contribution in [3.8, 4) is 6.07 Å². The van der Waals surface area contributed by atoms with E-state index in [0.29, 0.717) is 6.54 Å². The quantitative estimate of drug-likeness (QED) is 0.677. The van der Waals surface area contributed by atoms with E-state index in [9.17, 15) is 0 Å². The molecule has 0 amide bonds. The molecule has 2 nitrogen and oxygen atoms in total. The Morgan fingerprint density at radius 3 is 2.85 bits per heavy atom. The SMILES string of the molecule is Cc1c(Cl)cccc1N(C)CC#N. The minimum absolute atomic E-state index is 0.376. The summed E-state index contributed by atoms with van der Waals surface area (Å²) in [5, 5.41) is 9.27. The Kier molecular flexibility index (Phi) is 3.16. The highest BCUT2D eigenvalue weighted by Crippen LogP contribution is 2.25. The van der Waals surface area contributed by atoms with Gasteiger partial charge < -0.3 is 4.90 Å². The molecule has 0 N–H and O–H groups in total. The number of benzene rings is 1. The zero-order chi connectivity index (χ0) is 9.84. The monoisotopic (exact) mass is 194 g/mol. The smallest absolute Gasteiger partial charge is 0.105 e. The maximum absolute atomic E-state index is 8.53. The molecule has 0 saturated carbocycles. The fraction of sp³-hybridized carbons (Fsp3) is 0.300. The van der Waals surface area contributed by atoms with E-state index in [1.54, 1.807) is 0 Å². The zero-order valence-electron chi connectivity index (χ0n) is 7.71. The van der Waals surface area contributed by atoms with Gasteiger partial charge in [0.05, 0.1) is 6.07 Å². The third-order valence-electron chi connectivity index (χ3n) is 1.96. The number of anilines is 1. The van der Waals surface area contributed by atoms with E-state index >= 15 is 0 Å². The van der Waals surface area contributed by atoms with Crippen LogP contribution in [0.4, 0.5) is 5.69 Å². The van der Waals surface area contributed by atoms with Crippen LogP contribution in [0.2, 0.25) is 5.02 Å². The molecule has 0 unspecified atom stereocenters. The highest BCUT2D eigenvalue weighted by molar-refractivity contribution is 6.31. The molecular weight excluding hydrogens is 184 g/mol. The van der Waals surface area contributed by atoms with Crippen molar-refractivity contribution in [1.82, 2.24) is 0 Å². The third kappa shape index (κ3) is 2.13. The normalized spacial score (nSPS) is 9.38. The van der Waals surface area contributed by atoms with Gasteiger partial charge in [-0.15, -0.1) is 0 Å². The van der Waals surface area contributed by atoms with E-state index in [1.807, 2.05) is 37.1 Å². The Morgan fingerprint density at radius 1 is 1.54 bits per heavy atom. The molecule has 0 saturated heterocycles. The molecule has 0 atom stereocenters. The Labute approximate surface area is 83.3 Å². The summed E-state index contributed by atoms with van der Waals surface area (Å²) in [4.78, 5) is 1.88. The van der Waals surface area contributed by atoms with E-state index in [4.69, 9.17) is 16.9 Å². The van der Waals surface area contributed by atoms with Crippen molar-refractivity contribution in [2.75, 3.05) is 18.5 Å². The molecule has 68 valence electrons. The van der Waals surface area contributed by atoms with Crippen LogP contribution >= 0.6 is 11.6 Å². The predicted molar refractivity (Wildman–Crippen MR) is 55.1 cm³/mol. The largest absolute Gasteiger partial charge is 0.361 e. The molecule has 3 heteroatoms. The summed E-state index contributed by atoms with van der Waals surface area (Å²) in [7, 11) is 1.88. The van der Waals surface area contributed by atoms with Crippen LogP contribution in [0.1, 0.15) is 5.56 Å². The summed E-state index contributed by atoms with van der Waals surface area (Å²) in [5.74, 6) is 0. The lowest BCUT2D eigenvalue weighted by Gasteiger charge is -2.18. The highest BCUT2D eigenvalue weighted by Gasteiger charge is 2.05. The highest BCUT2D eigenvalue weighted by atomic mass is 35.5. The molecular formula is C10H11ClN2. The van der Waals surface area contributed by atoms with Crippen LogP contribution in [0.5, 0.6) is 0 Å². The van der Waals surface area contributed by atoms with Gasteiger partial charge in [-0.1, -0.05) is 17.7 Å². The molecule has 1 aromatic carbocycles. The van der Waals surface area contributed by atoms with Gasteiger partial charge in [0.1, 0.15) is 6.54 Å². The van der Waals surface area contributed by atoms with Crippen molar-refractivity contribution >= 4 is 17.3 Å². The first kappa shape index (κ1) is 9.88. The molecule has 0 aliphatic carbocycles. The Hall–Kier alpha value is -1.20. The molecule has 1 rings (SSSR count). The molecule has 13 heavy (non-hydrogen) atoms. The van der Waals surface area contributed by atoms with Crippen LogP contribution in [-0.4, -0.2) is 13.6 Å². The van der Waals surface area contributed by atoms with Crippen molar-refractivity contribution in [3.05, 3.63) is 28.8 Å². The lowest BCUT2D eigenvalue weighted by molar-refractivity contribution is 1.03. The number of hydrogen-bond donors (Lipinski definition) is 0. The van der Waals surface area contributed by atoms with Crippen LogP contribution in [0, 0.1) is 18.3 Å². The summed E-state index contributed by atoms with van der Waals surface area (Å²) < 4.78 is 0. The standard InChI is InChI=1S/C10H11ClN2/c1-8-9(11)4-3-5-10(8)13(2)7-6-12/h3-5H,7H2,1-2H3. The molecule has 0 radical (unpaired) electrons. The van der Waals surface area contributed by atoms with E-state index < -0.39 is 0 Å². The maximum atomic E-state index is 8.53. The van der Waals surface area contributed by atoms with Gasteiger partial charge in [-0.3, -0.25) is 0 Å². The molecule has 1 aromatic rings. The summed E-state index contributed by atoms with van der Waals surface area (Å²) in [6.07, 6.45) is 0. The summed E-state index contributed by atoms with van der Waals surface area (Å²) in [6, 6.07) is 7.79. The van der Waals surface area contributed by atoms with Crippen molar-refractivity contribution in [2.45, 2.75) is 6.92 Å². The molecule has 0 fully saturated rings. The number of nitriles is 1. The molecule has 0 aliphatic rings. The minimum atomic E-state index is 0.376. The second-order valence-corrected chi connectivity index (χ2v) is 3.31. The van der Waals surface area contributed by atoms with E-state index in [2.05, 4.69) is 6.07 Å². The van der Waals surface area contributed by atoms with Crippen molar-refractivity contribution < 1.29 is 0 Å². The van der Waals surface area contributed by atoms with Crippen LogP contribution in [0.3, 0.4) is 0 Å². The first-order valence-corrected chi connectivity index (χ1v) is 4.38. The van der Waals surface area contributed by atoms with E-state index in [1.165, 1.54) is 0 Å². The first-order valence-electron chi connectivity index (χ1n) is 4.00. The topological polar surface area (TPSA) is 27.0 Å². The average Bonchev–Trinajstić information content (AvgIpc) is 2.10. The third-order valence-corrected chi connectivity index (χ3v) is 2.37. The molecule has 0 heterocycles. The van der Waals surface area contributed by atoms with E-state index in [-0.39, 0.29) is 0 Å². The van der Waals surface area contributed by atoms with E-state index in [0.717, 1.165) is 16.3 Å². The van der Waals surface area contributed by atoms with Gasteiger partial charge in [0, 0.05) is 17.8 Å². The van der Waals surface area contributed by atoms with Crippen LogP contribution in [-0.2, 0) is 0 Å². The Bertz CT molecular complexity index is 341. The fourth-order valence-corrected chi connectivity index (χ4v) is 1.37. The van der Waals surface area contributed by atoms with Gasteiger partial charge in [0.15, 0.2) is 0 Å². The lowest BCUT2D eigenvalue weighted by Crippen LogP contribution is -2.17. The van der Waals surface area contributed by atoms with Gasteiger partial charge in [-0.2, -0.15) is 5.26 Å². The van der Waals surface area contributed by atoms with Crippen molar-refractivity contribution in [2.24, 2.45) is 0 Å². The summed E-state index contributed by atoms with van der Waals surface area (Å²) in [6.45, 7) is 2.33. The molecule has 0 aliphatic heterocycles. The minimum Gasteiger partial charge on any atom is -0.361 e. The van der Waals surface area contributed by atoms with Gasteiger partial charge in [-0.05, 0) is 24.6 Å². The lowest BCUT2D eigenvalue weighted by atomic mass is 10.2. The van der Waals surface area contributed by atoms with Gasteiger partial charge >= 0.3 is 0 Å². The second kappa shape index (κ2) is 4.15. The van der Waals surface area contributed by atoms with Gasteiger partial charge in [0.25, 0.3) is 0 Å². The van der Waals surface area contributed by atoms with Gasteiger partial charge in [-0.25, -0.2) is 0 Å². The molecule has 0 bridgehead atoms. The predicted octanol–water partition coefficient (Wildman–Crippen LogP) is 2.61. The summed E-state index contributed by atoms with van der Waals surface area (Å²) in [5.41, 5.74) is 2.02. The zero-order valence-corrected chi connectivity index (χ0v) is 8.47. The Morgan fingerprint density at radius 2 is 2.23 bits per heavy atom. The Balaban J connectivity index is 3.02. The van der Waals surface area contributed by atoms with Crippen LogP contribution < -0.4 is 4.90 Å². The van der Waals surface area contributed by atoms with Crippen molar-refractivity contribution in [3.63, 3.8) is 0 Å². The summed E-state index contributed by atoms with van der Waals surface area (Å²) >= 11 is 5.95. The van der Waals surface area contributed by atoms with Crippen LogP contribution in [0.25, 0.3) is 0 Å². The van der Waals surface area contributed by atoms with Crippen molar-refractivity contribution in [1.29, 1.82) is 5.26 Å². The first-order chi connectivity index (χ1) is 6.16. The molecule has 0 spiro atoms. The van der Waals surface area contributed by atoms with Crippen LogP contribution in [0.15, 0.2) is 18.2 Å².